The molecule has 0 saturated heterocycles. The highest BCUT2D eigenvalue weighted by atomic mass is 14.9. The summed E-state index contributed by atoms with van der Waals surface area (Å²) in [6, 6.07) is 0. The maximum Gasteiger partial charge on any atom is 0.00965 e. The van der Waals surface area contributed by atoms with Crippen molar-refractivity contribution in [1.29, 1.82) is 0 Å². The van der Waals surface area contributed by atoms with Gasteiger partial charge in [-0.05, 0) is 65.6 Å². The molecular weight excluding hydrogens is 208 g/mol. The third kappa shape index (κ3) is 12.2. The largest absolute Gasteiger partial charge is 0.316 e. The standard InChI is InChI=1S/C15H34N2/c1-6-9-14(10-7-2)13-16-11-8-12-17-15(3,4)5/h14,16-17H,6-13H2,1-5H3. The third-order valence-corrected chi connectivity index (χ3v) is 3.01. The van der Waals surface area contributed by atoms with Crippen molar-refractivity contribution in [3.05, 3.63) is 0 Å². The van der Waals surface area contributed by atoms with E-state index in [2.05, 4.69) is 45.3 Å². The molecule has 0 aromatic heterocycles. The molecule has 0 aliphatic carbocycles. The average molecular weight is 242 g/mol. The Kier molecular flexibility index (Phi) is 9.85. The van der Waals surface area contributed by atoms with Gasteiger partial charge in [-0.3, -0.25) is 0 Å². The molecule has 0 radical (unpaired) electrons. The van der Waals surface area contributed by atoms with Crippen LogP contribution >= 0.6 is 0 Å². The molecule has 0 rings (SSSR count). The molecule has 0 heterocycles. The van der Waals surface area contributed by atoms with Gasteiger partial charge in [0.15, 0.2) is 0 Å². The van der Waals surface area contributed by atoms with E-state index in [-0.39, 0.29) is 5.54 Å². The second-order valence-corrected chi connectivity index (χ2v) is 6.18. The van der Waals surface area contributed by atoms with E-state index >= 15 is 0 Å². The van der Waals surface area contributed by atoms with Crippen LogP contribution in [0.1, 0.15) is 66.7 Å². The Balaban J connectivity index is 3.41. The third-order valence-electron chi connectivity index (χ3n) is 3.01. The molecule has 2 nitrogen and oxygen atoms in total. The van der Waals surface area contributed by atoms with Crippen molar-refractivity contribution in [3.63, 3.8) is 0 Å². The SMILES string of the molecule is CCCC(CCC)CNCCCNC(C)(C)C. The molecule has 0 atom stereocenters. The lowest BCUT2D eigenvalue weighted by molar-refractivity contribution is 0.393. The summed E-state index contributed by atoms with van der Waals surface area (Å²) >= 11 is 0. The predicted octanol–water partition coefficient (Wildman–Crippen LogP) is 3.57. The number of hydrogen-bond donors (Lipinski definition) is 2. The van der Waals surface area contributed by atoms with Crippen molar-refractivity contribution in [2.45, 2.75) is 72.3 Å². The van der Waals surface area contributed by atoms with Crippen molar-refractivity contribution in [2.75, 3.05) is 19.6 Å². The lowest BCUT2D eigenvalue weighted by Gasteiger charge is -2.21. The van der Waals surface area contributed by atoms with Crippen LogP contribution < -0.4 is 10.6 Å². The first-order valence-corrected chi connectivity index (χ1v) is 7.45. The lowest BCUT2D eigenvalue weighted by atomic mass is 9.98. The molecule has 0 aliphatic rings. The average Bonchev–Trinajstić information content (AvgIpc) is 2.22. The van der Waals surface area contributed by atoms with Crippen LogP contribution in [0, 0.1) is 5.92 Å². The van der Waals surface area contributed by atoms with Gasteiger partial charge in [-0.1, -0.05) is 26.7 Å². The van der Waals surface area contributed by atoms with Gasteiger partial charge in [0, 0.05) is 5.54 Å². The Morgan fingerprint density at radius 3 is 2.00 bits per heavy atom. The molecule has 0 fully saturated rings. The Labute approximate surface area is 109 Å². The molecule has 0 unspecified atom stereocenters. The van der Waals surface area contributed by atoms with Gasteiger partial charge in [-0.2, -0.15) is 0 Å². The van der Waals surface area contributed by atoms with Crippen LogP contribution in [-0.4, -0.2) is 25.2 Å². The zero-order chi connectivity index (χ0) is 13.1. The molecule has 0 saturated carbocycles. The summed E-state index contributed by atoms with van der Waals surface area (Å²) in [7, 11) is 0. The van der Waals surface area contributed by atoms with Crippen LogP contribution in [0.15, 0.2) is 0 Å². The van der Waals surface area contributed by atoms with Crippen molar-refractivity contribution in [1.82, 2.24) is 10.6 Å². The minimum absolute atomic E-state index is 0.257. The van der Waals surface area contributed by atoms with Gasteiger partial charge >= 0.3 is 0 Å². The van der Waals surface area contributed by atoms with Gasteiger partial charge in [0.1, 0.15) is 0 Å². The van der Waals surface area contributed by atoms with Crippen LogP contribution in [0.4, 0.5) is 0 Å². The highest BCUT2D eigenvalue weighted by Crippen LogP contribution is 2.11. The molecule has 104 valence electrons. The Morgan fingerprint density at radius 2 is 1.53 bits per heavy atom. The second-order valence-electron chi connectivity index (χ2n) is 6.18. The van der Waals surface area contributed by atoms with Gasteiger partial charge in [0.2, 0.25) is 0 Å². The fraction of sp³-hybridized carbons (Fsp3) is 1.00. The van der Waals surface area contributed by atoms with Gasteiger partial charge in [0.05, 0.1) is 0 Å². The van der Waals surface area contributed by atoms with E-state index in [1.165, 1.54) is 38.6 Å². The number of rotatable bonds is 10. The molecule has 0 aromatic rings. The number of nitrogens with one attached hydrogen (secondary N) is 2. The molecule has 0 bridgehead atoms. The van der Waals surface area contributed by atoms with Crippen molar-refractivity contribution < 1.29 is 0 Å². The van der Waals surface area contributed by atoms with Crippen LogP contribution in [0.25, 0.3) is 0 Å². The van der Waals surface area contributed by atoms with Gasteiger partial charge in [-0.25, -0.2) is 0 Å². The smallest absolute Gasteiger partial charge is 0.00965 e. The molecule has 17 heavy (non-hydrogen) atoms. The van der Waals surface area contributed by atoms with E-state index < -0.39 is 0 Å². The maximum absolute atomic E-state index is 3.60. The van der Waals surface area contributed by atoms with Gasteiger partial charge < -0.3 is 10.6 Å². The van der Waals surface area contributed by atoms with Crippen molar-refractivity contribution in [2.24, 2.45) is 5.92 Å². The summed E-state index contributed by atoms with van der Waals surface area (Å²) < 4.78 is 0. The Hall–Kier alpha value is -0.0800. The molecule has 0 spiro atoms. The van der Waals surface area contributed by atoms with Crippen LogP contribution in [-0.2, 0) is 0 Å². The monoisotopic (exact) mass is 242 g/mol. The van der Waals surface area contributed by atoms with Gasteiger partial charge in [0.25, 0.3) is 0 Å². The van der Waals surface area contributed by atoms with Crippen molar-refractivity contribution >= 4 is 0 Å². The zero-order valence-electron chi connectivity index (χ0n) is 12.7. The molecule has 0 aliphatic heterocycles. The fourth-order valence-electron chi connectivity index (χ4n) is 2.15. The highest BCUT2D eigenvalue weighted by Gasteiger charge is 2.08. The second kappa shape index (κ2) is 9.90. The zero-order valence-corrected chi connectivity index (χ0v) is 12.7. The van der Waals surface area contributed by atoms with E-state index in [0.29, 0.717) is 0 Å². The van der Waals surface area contributed by atoms with E-state index in [9.17, 15) is 0 Å². The lowest BCUT2D eigenvalue weighted by Crippen LogP contribution is -2.37. The minimum Gasteiger partial charge on any atom is -0.316 e. The van der Waals surface area contributed by atoms with Crippen LogP contribution in [0.5, 0.6) is 0 Å². The molecule has 0 amide bonds. The van der Waals surface area contributed by atoms with Crippen LogP contribution in [0.3, 0.4) is 0 Å². The van der Waals surface area contributed by atoms with Gasteiger partial charge in [-0.15, -0.1) is 0 Å². The van der Waals surface area contributed by atoms with E-state index in [1.54, 1.807) is 0 Å². The van der Waals surface area contributed by atoms with Crippen LogP contribution in [0.2, 0.25) is 0 Å². The Bertz CT molecular complexity index is 155. The predicted molar refractivity (Wildman–Crippen MR) is 78.5 cm³/mol. The summed E-state index contributed by atoms with van der Waals surface area (Å²) in [6.45, 7) is 14.7. The highest BCUT2D eigenvalue weighted by molar-refractivity contribution is 4.70. The van der Waals surface area contributed by atoms with Crippen molar-refractivity contribution in [3.8, 4) is 0 Å². The normalized spacial score (nSPS) is 12.4. The van der Waals surface area contributed by atoms with E-state index in [4.69, 9.17) is 0 Å². The van der Waals surface area contributed by atoms with E-state index in [1.807, 2.05) is 0 Å². The first kappa shape index (κ1) is 16.9. The summed E-state index contributed by atoms with van der Waals surface area (Å²) in [5.41, 5.74) is 0.257. The van der Waals surface area contributed by atoms with E-state index in [0.717, 1.165) is 19.0 Å². The minimum atomic E-state index is 0.257. The molecule has 0 aromatic carbocycles. The summed E-state index contributed by atoms with van der Waals surface area (Å²) in [5.74, 6) is 0.889. The molecular formula is C15H34N2. The fourth-order valence-corrected chi connectivity index (χ4v) is 2.15. The quantitative estimate of drug-likeness (QED) is 0.572. The molecule has 2 heteroatoms. The first-order chi connectivity index (χ1) is 7.99. The summed E-state index contributed by atoms with van der Waals surface area (Å²) in [4.78, 5) is 0. The summed E-state index contributed by atoms with van der Waals surface area (Å²) in [5, 5.41) is 7.12. The molecule has 2 N–H and O–H groups in total. The Morgan fingerprint density at radius 1 is 0.941 bits per heavy atom. The topological polar surface area (TPSA) is 24.1 Å². The maximum atomic E-state index is 3.60. The number of hydrogen-bond acceptors (Lipinski definition) is 2. The summed E-state index contributed by atoms with van der Waals surface area (Å²) in [6.07, 6.45) is 6.61. The first-order valence-electron chi connectivity index (χ1n) is 7.45.